The molecule has 1 aliphatic heterocycles. The number of likely N-dealkylation sites (tertiary alicyclic amines) is 1. The number of nitrogen functional groups attached to an aromatic ring is 1. The predicted molar refractivity (Wildman–Crippen MR) is 65.5 cm³/mol. The molecule has 1 aromatic rings. The third-order valence-corrected chi connectivity index (χ3v) is 2.92. The van der Waals surface area contributed by atoms with Crippen LogP contribution in [0.4, 0.5) is 10.6 Å². The Morgan fingerprint density at radius 1 is 1.41 bits per heavy atom. The van der Waals surface area contributed by atoms with E-state index >= 15 is 0 Å². The summed E-state index contributed by atoms with van der Waals surface area (Å²) >= 11 is 0. The molecule has 0 aliphatic carbocycles. The monoisotopic (exact) mass is 237 g/mol. The molecule has 1 aromatic heterocycles. The smallest absolute Gasteiger partial charge is 0.317 e. The molecular formula is C11H19N5O. The number of urea groups is 1. The topological polar surface area (TPSA) is 76.2 Å². The van der Waals surface area contributed by atoms with Gasteiger partial charge in [-0.2, -0.15) is 5.10 Å². The van der Waals surface area contributed by atoms with E-state index < -0.39 is 0 Å². The standard InChI is InChI=1S/C11H19N5O/c12-10-4-8-16(14-10)9-5-13-11(17)15-6-2-1-3-7-15/h4,8H,1-3,5-7,9H2,(H2,12,14)(H,13,17). The first-order valence-electron chi connectivity index (χ1n) is 6.07. The van der Waals surface area contributed by atoms with Gasteiger partial charge in [0.1, 0.15) is 5.82 Å². The number of carbonyl (C=O) groups excluding carboxylic acids is 1. The molecule has 0 radical (unpaired) electrons. The summed E-state index contributed by atoms with van der Waals surface area (Å²) in [5.41, 5.74) is 5.50. The van der Waals surface area contributed by atoms with Gasteiger partial charge in [0.2, 0.25) is 0 Å². The SMILES string of the molecule is Nc1ccn(CCNC(=O)N2CCCCC2)n1. The number of hydrogen-bond acceptors (Lipinski definition) is 3. The Morgan fingerprint density at radius 3 is 2.82 bits per heavy atom. The fourth-order valence-electron chi connectivity index (χ4n) is 1.99. The van der Waals surface area contributed by atoms with Gasteiger partial charge in [-0.05, 0) is 25.3 Å². The number of aromatic nitrogens is 2. The molecule has 2 rings (SSSR count). The number of piperidine rings is 1. The number of rotatable bonds is 3. The number of nitrogens with one attached hydrogen (secondary N) is 1. The highest BCUT2D eigenvalue weighted by Gasteiger charge is 2.15. The number of anilines is 1. The van der Waals surface area contributed by atoms with Gasteiger partial charge in [0.25, 0.3) is 0 Å². The van der Waals surface area contributed by atoms with Crippen LogP contribution >= 0.6 is 0 Å². The van der Waals surface area contributed by atoms with Crippen molar-refractivity contribution in [2.75, 3.05) is 25.4 Å². The molecule has 0 saturated carbocycles. The van der Waals surface area contributed by atoms with E-state index in [-0.39, 0.29) is 6.03 Å². The highest BCUT2D eigenvalue weighted by Crippen LogP contribution is 2.08. The summed E-state index contributed by atoms with van der Waals surface area (Å²) in [6.45, 7) is 2.98. The summed E-state index contributed by atoms with van der Waals surface area (Å²) in [7, 11) is 0. The first-order chi connectivity index (χ1) is 8.25. The average Bonchev–Trinajstić information content (AvgIpc) is 2.76. The third-order valence-electron chi connectivity index (χ3n) is 2.92. The lowest BCUT2D eigenvalue weighted by Crippen LogP contribution is -2.43. The van der Waals surface area contributed by atoms with Crippen LogP contribution in [0.5, 0.6) is 0 Å². The van der Waals surface area contributed by atoms with Crippen molar-refractivity contribution in [1.29, 1.82) is 0 Å². The largest absolute Gasteiger partial charge is 0.382 e. The van der Waals surface area contributed by atoms with Crippen LogP contribution in [0.3, 0.4) is 0 Å². The lowest BCUT2D eigenvalue weighted by atomic mass is 10.1. The van der Waals surface area contributed by atoms with Crippen molar-refractivity contribution in [3.63, 3.8) is 0 Å². The maximum Gasteiger partial charge on any atom is 0.317 e. The molecule has 0 spiro atoms. The van der Waals surface area contributed by atoms with Crippen LogP contribution in [0.25, 0.3) is 0 Å². The molecule has 3 N–H and O–H groups in total. The van der Waals surface area contributed by atoms with Gasteiger partial charge >= 0.3 is 6.03 Å². The zero-order valence-electron chi connectivity index (χ0n) is 9.93. The molecule has 1 aliphatic rings. The van der Waals surface area contributed by atoms with E-state index in [2.05, 4.69) is 10.4 Å². The zero-order valence-corrected chi connectivity index (χ0v) is 9.93. The van der Waals surface area contributed by atoms with E-state index in [4.69, 9.17) is 5.73 Å². The minimum absolute atomic E-state index is 0.0322. The molecule has 17 heavy (non-hydrogen) atoms. The van der Waals surface area contributed by atoms with E-state index in [0.717, 1.165) is 25.9 Å². The minimum Gasteiger partial charge on any atom is -0.382 e. The van der Waals surface area contributed by atoms with Gasteiger partial charge in [-0.15, -0.1) is 0 Å². The Labute approximate surface area is 101 Å². The highest BCUT2D eigenvalue weighted by molar-refractivity contribution is 5.74. The van der Waals surface area contributed by atoms with Crippen LogP contribution in [0, 0.1) is 0 Å². The summed E-state index contributed by atoms with van der Waals surface area (Å²) in [6.07, 6.45) is 5.27. The van der Waals surface area contributed by atoms with Gasteiger partial charge in [0, 0.05) is 25.8 Å². The van der Waals surface area contributed by atoms with Crippen LogP contribution < -0.4 is 11.1 Å². The molecule has 2 amide bonds. The van der Waals surface area contributed by atoms with Crippen molar-refractivity contribution in [3.05, 3.63) is 12.3 Å². The van der Waals surface area contributed by atoms with Crippen molar-refractivity contribution >= 4 is 11.8 Å². The van der Waals surface area contributed by atoms with Crippen LogP contribution in [0.1, 0.15) is 19.3 Å². The first kappa shape index (κ1) is 11.8. The van der Waals surface area contributed by atoms with E-state index in [1.54, 1.807) is 10.7 Å². The molecule has 0 bridgehead atoms. The summed E-state index contributed by atoms with van der Waals surface area (Å²) < 4.78 is 1.73. The number of hydrogen-bond donors (Lipinski definition) is 2. The van der Waals surface area contributed by atoms with E-state index in [9.17, 15) is 4.79 Å². The van der Waals surface area contributed by atoms with Crippen LogP contribution in [0.2, 0.25) is 0 Å². The lowest BCUT2D eigenvalue weighted by Gasteiger charge is -2.26. The molecule has 6 heteroatoms. The predicted octanol–water partition coefficient (Wildman–Crippen LogP) is 0.661. The van der Waals surface area contributed by atoms with Crippen molar-refractivity contribution < 1.29 is 4.79 Å². The minimum atomic E-state index is 0.0322. The third kappa shape index (κ3) is 3.37. The second kappa shape index (κ2) is 5.56. The molecular weight excluding hydrogens is 218 g/mol. The number of amides is 2. The van der Waals surface area contributed by atoms with Crippen molar-refractivity contribution in [2.45, 2.75) is 25.8 Å². The Bertz CT molecular complexity index is 370. The summed E-state index contributed by atoms with van der Waals surface area (Å²) in [4.78, 5) is 13.6. The Hall–Kier alpha value is -1.72. The van der Waals surface area contributed by atoms with Gasteiger partial charge in [-0.3, -0.25) is 4.68 Å². The van der Waals surface area contributed by atoms with Crippen LogP contribution in [-0.4, -0.2) is 40.3 Å². The second-order valence-electron chi connectivity index (χ2n) is 4.28. The maximum absolute atomic E-state index is 11.8. The zero-order chi connectivity index (χ0) is 12.1. The summed E-state index contributed by atoms with van der Waals surface area (Å²) in [5, 5.41) is 6.95. The number of carbonyl (C=O) groups is 1. The van der Waals surface area contributed by atoms with Gasteiger partial charge in [-0.1, -0.05) is 0 Å². The first-order valence-corrected chi connectivity index (χ1v) is 6.07. The fraction of sp³-hybridized carbons (Fsp3) is 0.636. The van der Waals surface area contributed by atoms with E-state index in [1.807, 2.05) is 11.1 Å². The normalized spacial score (nSPS) is 15.9. The number of nitrogens with two attached hydrogens (primary N) is 1. The van der Waals surface area contributed by atoms with Gasteiger partial charge in [0.15, 0.2) is 0 Å². The summed E-state index contributed by atoms with van der Waals surface area (Å²) in [6, 6.07) is 1.77. The van der Waals surface area contributed by atoms with Crippen molar-refractivity contribution in [2.24, 2.45) is 0 Å². The maximum atomic E-state index is 11.8. The average molecular weight is 237 g/mol. The molecule has 94 valence electrons. The van der Waals surface area contributed by atoms with Crippen LogP contribution in [0.15, 0.2) is 12.3 Å². The Morgan fingerprint density at radius 2 is 2.18 bits per heavy atom. The fourth-order valence-corrected chi connectivity index (χ4v) is 1.99. The quantitative estimate of drug-likeness (QED) is 0.811. The van der Waals surface area contributed by atoms with Gasteiger partial charge in [0.05, 0.1) is 6.54 Å². The van der Waals surface area contributed by atoms with Crippen molar-refractivity contribution in [1.82, 2.24) is 20.0 Å². The van der Waals surface area contributed by atoms with Gasteiger partial charge in [-0.25, -0.2) is 4.79 Å². The molecule has 6 nitrogen and oxygen atoms in total. The molecule has 0 atom stereocenters. The van der Waals surface area contributed by atoms with Crippen LogP contribution in [-0.2, 0) is 6.54 Å². The Balaban J connectivity index is 1.69. The molecule has 0 unspecified atom stereocenters. The molecule has 2 heterocycles. The van der Waals surface area contributed by atoms with Gasteiger partial charge < -0.3 is 16.0 Å². The molecule has 1 saturated heterocycles. The summed E-state index contributed by atoms with van der Waals surface area (Å²) in [5.74, 6) is 0.507. The van der Waals surface area contributed by atoms with E-state index in [0.29, 0.717) is 18.9 Å². The Kier molecular flexibility index (Phi) is 3.85. The second-order valence-corrected chi connectivity index (χ2v) is 4.28. The lowest BCUT2D eigenvalue weighted by molar-refractivity contribution is 0.186. The molecule has 1 fully saturated rings. The number of nitrogens with zero attached hydrogens (tertiary/aromatic N) is 3. The van der Waals surface area contributed by atoms with E-state index in [1.165, 1.54) is 6.42 Å². The van der Waals surface area contributed by atoms with Crippen molar-refractivity contribution in [3.8, 4) is 0 Å². The molecule has 0 aromatic carbocycles. The highest BCUT2D eigenvalue weighted by atomic mass is 16.2.